The number of amides is 2. The van der Waals surface area contributed by atoms with Gasteiger partial charge in [-0.1, -0.05) is 36.4 Å². The van der Waals surface area contributed by atoms with E-state index in [0.29, 0.717) is 6.42 Å². The highest BCUT2D eigenvalue weighted by atomic mass is 32.2. The van der Waals surface area contributed by atoms with Crippen LogP contribution in [-0.4, -0.2) is 44.2 Å². The van der Waals surface area contributed by atoms with Gasteiger partial charge in [-0.25, -0.2) is 4.79 Å². The first-order valence-electron chi connectivity index (χ1n) is 11.2. The van der Waals surface area contributed by atoms with Gasteiger partial charge < -0.3 is 15.0 Å². The highest BCUT2D eigenvalue weighted by Crippen LogP contribution is 2.55. The number of nitrogens with zero attached hydrogens (tertiary/aromatic N) is 2. The molecule has 2 unspecified atom stereocenters. The van der Waals surface area contributed by atoms with Crippen molar-refractivity contribution in [1.82, 2.24) is 15.2 Å². The molecule has 2 saturated heterocycles. The summed E-state index contributed by atoms with van der Waals surface area (Å²) in [6, 6.07) is 14.0. The molecular weight excluding hydrogens is 422 g/mol. The molecule has 1 aromatic heterocycles. The van der Waals surface area contributed by atoms with E-state index >= 15 is 0 Å². The minimum atomic E-state index is -0.697. The maximum atomic E-state index is 13.7. The predicted molar refractivity (Wildman–Crippen MR) is 126 cm³/mol. The van der Waals surface area contributed by atoms with Crippen LogP contribution >= 0.6 is 11.8 Å². The monoisotopic (exact) mass is 453 g/mol. The average molecular weight is 454 g/mol. The Hall–Kier alpha value is -2.54. The molecule has 1 aromatic carbocycles. The fourth-order valence-electron chi connectivity index (χ4n) is 4.34. The number of likely N-dealkylation sites (tertiary alicyclic amines) is 1. The smallest absolute Gasteiger partial charge is 0.408 e. The van der Waals surface area contributed by atoms with Crippen LogP contribution in [0.25, 0.3) is 0 Å². The number of benzene rings is 1. The Morgan fingerprint density at radius 2 is 1.97 bits per heavy atom. The van der Waals surface area contributed by atoms with Gasteiger partial charge in [-0.2, -0.15) is 0 Å². The van der Waals surface area contributed by atoms with E-state index in [9.17, 15) is 9.59 Å². The van der Waals surface area contributed by atoms with Gasteiger partial charge in [-0.3, -0.25) is 9.78 Å². The third-order valence-corrected chi connectivity index (χ3v) is 7.28. The predicted octanol–water partition coefficient (Wildman–Crippen LogP) is 4.71. The van der Waals surface area contributed by atoms with Crippen molar-refractivity contribution in [3.63, 3.8) is 0 Å². The molecule has 0 spiro atoms. The van der Waals surface area contributed by atoms with Gasteiger partial charge >= 0.3 is 6.09 Å². The van der Waals surface area contributed by atoms with Crippen LogP contribution in [-0.2, 0) is 16.0 Å². The van der Waals surface area contributed by atoms with Crippen LogP contribution in [0.5, 0.6) is 0 Å². The zero-order chi connectivity index (χ0) is 22.8. The summed E-state index contributed by atoms with van der Waals surface area (Å²) in [7, 11) is 0. The van der Waals surface area contributed by atoms with Crippen LogP contribution < -0.4 is 5.32 Å². The van der Waals surface area contributed by atoms with E-state index in [4.69, 9.17) is 4.74 Å². The van der Waals surface area contributed by atoms with Gasteiger partial charge in [-0.05, 0) is 57.2 Å². The molecule has 0 bridgehead atoms. The number of alkyl carbamates (subject to hydrolysis) is 1. The van der Waals surface area contributed by atoms with E-state index in [1.807, 2.05) is 74.3 Å². The van der Waals surface area contributed by atoms with Crippen LogP contribution in [0.15, 0.2) is 54.9 Å². The zero-order valence-corrected chi connectivity index (χ0v) is 19.7. The summed E-state index contributed by atoms with van der Waals surface area (Å²) in [6.07, 6.45) is 6.70. The van der Waals surface area contributed by atoms with Gasteiger partial charge in [0.2, 0.25) is 5.91 Å². The minimum Gasteiger partial charge on any atom is -0.444 e. The topological polar surface area (TPSA) is 71.5 Å². The first-order chi connectivity index (χ1) is 15.3. The molecule has 3 heterocycles. The van der Waals surface area contributed by atoms with Crippen LogP contribution in [0.1, 0.15) is 57.2 Å². The molecule has 0 radical (unpaired) electrons. The van der Waals surface area contributed by atoms with Crippen molar-refractivity contribution in [1.29, 1.82) is 0 Å². The summed E-state index contributed by atoms with van der Waals surface area (Å²) in [5, 5.41) is 2.70. The van der Waals surface area contributed by atoms with Crippen LogP contribution in [0.4, 0.5) is 4.79 Å². The van der Waals surface area contributed by atoms with Gasteiger partial charge in [0.05, 0.1) is 6.04 Å². The first-order valence-corrected chi connectivity index (χ1v) is 12.1. The summed E-state index contributed by atoms with van der Waals surface area (Å²) in [6.45, 7) is 6.24. The van der Waals surface area contributed by atoms with Gasteiger partial charge in [0, 0.05) is 25.4 Å². The second kappa shape index (κ2) is 9.14. The molecule has 0 aliphatic carbocycles. The van der Waals surface area contributed by atoms with Crippen molar-refractivity contribution < 1.29 is 14.3 Å². The largest absolute Gasteiger partial charge is 0.444 e. The van der Waals surface area contributed by atoms with Crippen molar-refractivity contribution in [2.24, 2.45) is 0 Å². The lowest BCUT2D eigenvalue weighted by Crippen LogP contribution is -2.49. The molecule has 4 rings (SSSR count). The van der Waals surface area contributed by atoms with Crippen molar-refractivity contribution in [3.05, 3.63) is 66.0 Å². The van der Waals surface area contributed by atoms with Crippen molar-refractivity contribution in [2.75, 3.05) is 6.54 Å². The van der Waals surface area contributed by atoms with E-state index in [1.165, 1.54) is 11.8 Å². The molecule has 2 amide bonds. The van der Waals surface area contributed by atoms with E-state index in [-0.39, 0.29) is 17.2 Å². The Balaban J connectivity index is 1.55. The van der Waals surface area contributed by atoms with E-state index in [1.54, 1.807) is 6.20 Å². The Bertz CT molecular complexity index is 948. The average Bonchev–Trinajstić information content (AvgIpc) is 3.45. The fourth-order valence-corrected chi connectivity index (χ4v) is 5.56. The minimum absolute atomic E-state index is 0.0297. The third-order valence-electron chi connectivity index (χ3n) is 5.80. The number of carbonyl (C=O) groups excluding carboxylic acids is 2. The highest BCUT2D eigenvalue weighted by Gasteiger charge is 2.62. The number of nitrogens with one attached hydrogen (secondary N) is 1. The number of piperidine rings is 1. The van der Waals surface area contributed by atoms with E-state index in [2.05, 4.69) is 10.3 Å². The number of rotatable bonds is 5. The number of pyridine rings is 1. The second-order valence-electron chi connectivity index (χ2n) is 9.51. The third kappa shape index (κ3) is 5.26. The molecule has 2 fully saturated rings. The van der Waals surface area contributed by atoms with Crippen LogP contribution in [0.2, 0.25) is 0 Å². The SMILES string of the molecule is CC(C)(C)OC(=O)N[C@@]1(Cc2ccccc2)SC1C(=O)N1CCCCC1c1cccnc1. The first kappa shape index (κ1) is 22.6. The molecule has 0 saturated carbocycles. The standard InChI is InChI=1S/C25H31N3O3S/c1-24(2,3)31-23(30)27-25(16-18-10-5-4-6-11-18)21(32-25)22(29)28-15-8-7-13-20(28)19-12-9-14-26-17-19/h4-6,9-12,14,17,20-21H,7-8,13,15-16H2,1-3H3,(H,27,30)/t20?,21?,25-/m0/s1. The number of hydrogen-bond acceptors (Lipinski definition) is 5. The quantitative estimate of drug-likeness (QED) is 0.664. The summed E-state index contributed by atoms with van der Waals surface area (Å²) in [5.74, 6) is 0.0792. The molecule has 3 atom stereocenters. The normalized spacial score (nSPS) is 25.2. The summed E-state index contributed by atoms with van der Waals surface area (Å²) < 4.78 is 5.52. The molecule has 32 heavy (non-hydrogen) atoms. The van der Waals surface area contributed by atoms with Gasteiger partial charge in [0.25, 0.3) is 0 Å². The maximum Gasteiger partial charge on any atom is 0.408 e. The van der Waals surface area contributed by atoms with Gasteiger partial charge in [-0.15, -0.1) is 11.8 Å². The second-order valence-corrected chi connectivity index (χ2v) is 10.9. The van der Waals surface area contributed by atoms with Crippen LogP contribution in [0, 0.1) is 0 Å². The molecule has 2 aliphatic rings. The molecule has 2 aliphatic heterocycles. The number of hydrogen-bond donors (Lipinski definition) is 1. The Labute approximate surface area is 194 Å². The molecule has 1 N–H and O–H groups in total. The Morgan fingerprint density at radius 3 is 2.66 bits per heavy atom. The Kier molecular flexibility index (Phi) is 6.47. The lowest BCUT2D eigenvalue weighted by atomic mass is 9.95. The number of ether oxygens (including phenoxy) is 1. The lowest BCUT2D eigenvalue weighted by Gasteiger charge is -2.36. The fraction of sp³-hybridized carbons (Fsp3) is 0.480. The number of carbonyl (C=O) groups is 2. The maximum absolute atomic E-state index is 13.7. The highest BCUT2D eigenvalue weighted by molar-refractivity contribution is 8.09. The molecule has 2 aromatic rings. The van der Waals surface area contributed by atoms with Crippen molar-refractivity contribution in [3.8, 4) is 0 Å². The van der Waals surface area contributed by atoms with Gasteiger partial charge in [0.1, 0.15) is 15.7 Å². The van der Waals surface area contributed by atoms with Crippen molar-refractivity contribution in [2.45, 2.75) is 68.2 Å². The molecule has 7 heteroatoms. The molecular formula is C25H31N3O3S. The van der Waals surface area contributed by atoms with Gasteiger partial charge in [0.15, 0.2) is 0 Å². The molecule has 6 nitrogen and oxygen atoms in total. The lowest BCUT2D eigenvalue weighted by molar-refractivity contribution is -0.134. The Morgan fingerprint density at radius 1 is 1.19 bits per heavy atom. The molecule has 170 valence electrons. The number of thioether (sulfide) groups is 1. The zero-order valence-electron chi connectivity index (χ0n) is 18.9. The van der Waals surface area contributed by atoms with E-state index < -0.39 is 16.6 Å². The van der Waals surface area contributed by atoms with Crippen molar-refractivity contribution >= 4 is 23.8 Å². The summed E-state index contributed by atoms with van der Waals surface area (Å²) >= 11 is 1.51. The van der Waals surface area contributed by atoms with Crippen LogP contribution in [0.3, 0.4) is 0 Å². The summed E-state index contributed by atoms with van der Waals surface area (Å²) in [5.41, 5.74) is 1.55. The number of aromatic nitrogens is 1. The van der Waals surface area contributed by atoms with E-state index in [0.717, 1.165) is 36.9 Å². The summed E-state index contributed by atoms with van der Waals surface area (Å²) in [4.78, 5) is 31.9.